The van der Waals surface area contributed by atoms with E-state index in [-0.39, 0.29) is 11.9 Å². The van der Waals surface area contributed by atoms with Crippen molar-refractivity contribution in [1.29, 1.82) is 0 Å². The van der Waals surface area contributed by atoms with E-state index < -0.39 is 67.0 Å². The van der Waals surface area contributed by atoms with Crippen LogP contribution in [0.1, 0.15) is 13.3 Å². The van der Waals surface area contributed by atoms with E-state index >= 15 is 0 Å². The predicted molar refractivity (Wildman–Crippen MR) is 99.7 cm³/mol. The number of hydrogen-bond acceptors (Lipinski definition) is 11. The van der Waals surface area contributed by atoms with Crippen LogP contribution < -0.4 is 10.6 Å². The number of nitrogens with one attached hydrogen (secondary N) is 2. The number of likely N-dealkylation sites (N-methyl/N-ethyl adjacent to an activating group) is 1. The van der Waals surface area contributed by atoms with Gasteiger partial charge in [-0.1, -0.05) is 0 Å². The number of carboxylic acid groups (broad SMARTS) is 1. The number of aliphatic hydroxyl groups excluding tert-OH is 4. The van der Waals surface area contributed by atoms with Crippen molar-refractivity contribution in [1.82, 2.24) is 10.6 Å². The van der Waals surface area contributed by atoms with E-state index in [4.69, 9.17) is 19.8 Å². The normalized spacial score (nSPS) is 16.7. The van der Waals surface area contributed by atoms with Crippen LogP contribution in [-0.2, 0) is 24.0 Å². The number of hydrogen-bond donors (Lipinski definition) is 7. The molecule has 0 aromatic rings. The summed E-state index contributed by atoms with van der Waals surface area (Å²) < 4.78 is 0. The van der Waals surface area contributed by atoms with Gasteiger partial charge in [0.15, 0.2) is 0 Å². The van der Waals surface area contributed by atoms with E-state index in [2.05, 4.69) is 10.6 Å². The average molecular weight is 440 g/mol. The van der Waals surface area contributed by atoms with E-state index in [1.807, 2.05) is 0 Å². The molecular weight excluding hydrogens is 412 g/mol. The first-order valence-corrected chi connectivity index (χ1v) is 9.77. The zero-order valence-electron chi connectivity index (χ0n) is 16.3. The molecule has 1 amide bonds. The van der Waals surface area contributed by atoms with Crippen molar-refractivity contribution in [3.05, 3.63) is 0 Å². The molecule has 0 bridgehead atoms. The number of thioether (sulfide) groups is 1. The highest BCUT2D eigenvalue weighted by Crippen LogP contribution is 2.18. The second-order valence-electron chi connectivity index (χ2n) is 5.96. The van der Waals surface area contributed by atoms with Crippen LogP contribution >= 0.6 is 11.8 Å². The summed E-state index contributed by atoms with van der Waals surface area (Å²) >= 11 is 1.18. The van der Waals surface area contributed by atoms with E-state index in [1.165, 1.54) is 25.7 Å². The average Bonchev–Trinajstić information content (AvgIpc) is 2.69. The van der Waals surface area contributed by atoms with Crippen molar-refractivity contribution in [2.24, 2.45) is 5.92 Å². The SMILES string of the molecule is CN[C@@H](C)C(=O)C[C@H](C(=O)N[C@@H](CSC)C(=O)O)[C@@H](O)[C@H](O)[C@H](O)CO.O=C=O. The molecule has 0 aliphatic heterocycles. The summed E-state index contributed by atoms with van der Waals surface area (Å²) in [5.41, 5.74) is 0. The Morgan fingerprint density at radius 2 is 1.62 bits per heavy atom. The number of aliphatic hydroxyl groups is 4. The van der Waals surface area contributed by atoms with Crippen molar-refractivity contribution in [3.8, 4) is 0 Å². The molecule has 0 aliphatic rings. The van der Waals surface area contributed by atoms with Crippen molar-refractivity contribution in [2.75, 3.05) is 25.7 Å². The maximum absolute atomic E-state index is 12.5. The van der Waals surface area contributed by atoms with Gasteiger partial charge in [0.05, 0.1) is 24.7 Å². The van der Waals surface area contributed by atoms with Crippen LogP contribution in [-0.4, -0.2) is 105 Å². The molecule has 168 valence electrons. The minimum atomic E-state index is -1.89. The number of ketones is 1. The van der Waals surface area contributed by atoms with Gasteiger partial charge in [-0.2, -0.15) is 21.4 Å². The Kier molecular flexibility index (Phi) is 16.2. The van der Waals surface area contributed by atoms with Crippen molar-refractivity contribution >= 4 is 35.6 Å². The molecule has 0 heterocycles. The number of amides is 1. The summed E-state index contributed by atoms with van der Waals surface area (Å²) in [5, 5.41) is 52.5. The lowest BCUT2D eigenvalue weighted by atomic mass is 9.88. The fourth-order valence-corrected chi connectivity index (χ4v) is 2.68. The van der Waals surface area contributed by atoms with Gasteiger partial charge in [-0.25, -0.2) is 4.79 Å². The van der Waals surface area contributed by atoms with Gasteiger partial charge in [0, 0.05) is 12.2 Å². The Labute approximate surface area is 171 Å². The van der Waals surface area contributed by atoms with Gasteiger partial charge in [-0.05, 0) is 20.2 Å². The number of rotatable bonds is 13. The lowest BCUT2D eigenvalue weighted by Crippen LogP contribution is -2.53. The molecule has 0 radical (unpaired) electrons. The Balaban J connectivity index is 0. The zero-order chi connectivity index (χ0) is 23.1. The standard InChI is InChI=1S/C15H28N2O8S.CO2/c1-7(16-2)10(19)4-8(12(21)13(22)11(20)5-18)14(23)17-9(6-26-3)15(24)25;2-1-3/h7-9,11-13,16,18,20-22H,4-6H2,1-3H3,(H,17,23)(H,24,25);/t7-,8-,9-,11+,12+,13+;/m0./s1. The summed E-state index contributed by atoms with van der Waals surface area (Å²) in [6.45, 7) is 0.675. The third-order valence-electron chi connectivity index (χ3n) is 3.97. The van der Waals surface area contributed by atoms with Crippen LogP contribution in [0.3, 0.4) is 0 Å². The highest BCUT2D eigenvalue weighted by atomic mass is 32.2. The quantitative estimate of drug-likeness (QED) is 0.149. The Bertz CT molecular complexity index is 556. The first-order chi connectivity index (χ1) is 13.5. The lowest BCUT2D eigenvalue weighted by Gasteiger charge is -2.29. The summed E-state index contributed by atoms with van der Waals surface area (Å²) in [5.74, 6) is -4.12. The van der Waals surface area contributed by atoms with Crippen LogP contribution in [0.2, 0.25) is 0 Å². The monoisotopic (exact) mass is 440 g/mol. The molecule has 0 aromatic heterocycles. The zero-order valence-corrected chi connectivity index (χ0v) is 17.1. The summed E-state index contributed by atoms with van der Waals surface area (Å²) in [6, 6.07) is -1.89. The van der Waals surface area contributed by atoms with Crippen LogP contribution in [0.4, 0.5) is 0 Å². The molecule has 13 heteroatoms. The molecule has 0 fully saturated rings. The molecule has 0 aliphatic carbocycles. The van der Waals surface area contributed by atoms with Gasteiger partial charge in [-0.3, -0.25) is 9.59 Å². The molecule has 0 saturated heterocycles. The van der Waals surface area contributed by atoms with Gasteiger partial charge in [-0.15, -0.1) is 0 Å². The molecule has 0 aromatic carbocycles. The van der Waals surface area contributed by atoms with Gasteiger partial charge in [0.25, 0.3) is 0 Å². The van der Waals surface area contributed by atoms with Gasteiger partial charge in [0.2, 0.25) is 5.91 Å². The minimum absolute atomic E-state index is 0.0621. The maximum atomic E-state index is 12.5. The van der Waals surface area contributed by atoms with E-state index in [0.29, 0.717) is 0 Å². The smallest absolute Gasteiger partial charge is 0.373 e. The summed E-state index contributed by atoms with van der Waals surface area (Å²) in [7, 11) is 1.53. The van der Waals surface area contributed by atoms with E-state index in [1.54, 1.807) is 6.26 Å². The number of Topliss-reactive ketones (excluding diaryl/α,β-unsaturated/α-hetero) is 1. The topological polar surface area (TPSA) is 211 Å². The van der Waals surface area contributed by atoms with Gasteiger partial charge < -0.3 is 36.2 Å². The number of carboxylic acids is 1. The molecule has 29 heavy (non-hydrogen) atoms. The first kappa shape index (κ1) is 29.3. The van der Waals surface area contributed by atoms with E-state index in [0.717, 1.165) is 0 Å². The molecule has 0 unspecified atom stereocenters. The number of carbonyl (C=O) groups is 3. The fourth-order valence-electron chi connectivity index (χ4n) is 2.12. The molecular formula is C16H28N2O10S. The van der Waals surface area contributed by atoms with Crippen LogP contribution in [0.15, 0.2) is 0 Å². The molecule has 7 N–H and O–H groups in total. The number of aliphatic carboxylic acids is 1. The third-order valence-corrected chi connectivity index (χ3v) is 4.63. The van der Waals surface area contributed by atoms with Crippen molar-refractivity contribution < 1.29 is 49.5 Å². The Morgan fingerprint density at radius 3 is 2.00 bits per heavy atom. The van der Waals surface area contributed by atoms with Crippen LogP contribution in [0.5, 0.6) is 0 Å². The molecule has 0 spiro atoms. The Morgan fingerprint density at radius 1 is 1.10 bits per heavy atom. The molecule has 0 rings (SSSR count). The second-order valence-corrected chi connectivity index (χ2v) is 6.87. The van der Waals surface area contributed by atoms with Crippen molar-refractivity contribution in [2.45, 2.75) is 43.7 Å². The molecule has 0 saturated carbocycles. The maximum Gasteiger partial charge on any atom is 0.373 e. The highest BCUT2D eigenvalue weighted by Gasteiger charge is 2.38. The second kappa shape index (κ2) is 16.0. The number of carbonyl (C=O) groups excluding carboxylic acids is 4. The van der Waals surface area contributed by atoms with Crippen LogP contribution in [0.25, 0.3) is 0 Å². The molecule has 12 nitrogen and oxygen atoms in total. The predicted octanol–water partition coefficient (Wildman–Crippen LogP) is -3.41. The minimum Gasteiger partial charge on any atom is -0.480 e. The van der Waals surface area contributed by atoms with Gasteiger partial charge >= 0.3 is 12.1 Å². The van der Waals surface area contributed by atoms with Gasteiger partial charge in [0.1, 0.15) is 24.0 Å². The molecule has 6 atom stereocenters. The Hall–Kier alpha value is -1.86. The lowest BCUT2D eigenvalue weighted by molar-refractivity contribution is -0.191. The third kappa shape index (κ3) is 11.0. The van der Waals surface area contributed by atoms with E-state index in [9.17, 15) is 29.7 Å². The highest BCUT2D eigenvalue weighted by molar-refractivity contribution is 7.98. The largest absolute Gasteiger partial charge is 0.480 e. The summed E-state index contributed by atoms with van der Waals surface area (Å²) in [4.78, 5) is 52.0. The van der Waals surface area contributed by atoms with Crippen molar-refractivity contribution in [3.63, 3.8) is 0 Å². The first-order valence-electron chi connectivity index (χ1n) is 8.38. The van der Waals surface area contributed by atoms with Crippen LogP contribution in [0, 0.1) is 5.92 Å². The summed E-state index contributed by atoms with van der Waals surface area (Å²) in [6.07, 6.45) is -4.09. The fraction of sp³-hybridized carbons (Fsp3) is 0.750.